The van der Waals surface area contributed by atoms with Crippen LogP contribution in [0.2, 0.25) is 0 Å². The molecule has 1 N–H and O–H groups in total. The monoisotopic (exact) mass is 327 g/mol. The summed E-state index contributed by atoms with van der Waals surface area (Å²) in [6.45, 7) is 0.0475. The van der Waals surface area contributed by atoms with E-state index >= 15 is 0 Å². The second-order valence-corrected chi connectivity index (χ2v) is 6.57. The van der Waals surface area contributed by atoms with E-state index in [9.17, 15) is 18.0 Å². The summed E-state index contributed by atoms with van der Waals surface area (Å²) in [4.78, 5) is 12.1. The predicted molar refractivity (Wildman–Crippen MR) is 78.5 cm³/mol. The molecule has 2 saturated carbocycles. The molecule has 2 aliphatic carbocycles. The van der Waals surface area contributed by atoms with Crippen molar-refractivity contribution in [2.75, 3.05) is 0 Å². The average molecular weight is 327 g/mol. The van der Waals surface area contributed by atoms with E-state index in [1.54, 1.807) is 6.07 Å². The maximum absolute atomic E-state index is 12.4. The molecule has 0 aromatic heterocycles. The number of benzene rings is 1. The van der Waals surface area contributed by atoms with Gasteiger partial charge in [0.15, 0.2) is 0 Å². The van der Waals surface area contributed by atoms with Crippen molar-refractivity contribution in [1.82, 2.24) is 5.32 Å². The molecule has 0 heterocycles. The van der Waals surface area contributed by atoms with Crippen LogP contribution in [0, 0.1) is 17.8 Å². The van der Waals surface area contributed by atoms with E-state index in [1.807, 2.05) is 0 Å². The van der Waals surface area contributed by atoms with Crippen LogP contribution in [0.15, 0.2) is 24.3 Å². The lowest BCUT2D eigenvalue weighted by Gasteiger charge is -2.21. The van der Waals surface area contributed by atoms with Crippen LogP contribution in [0.1, 0.15) is 37.7 Å². The molecule has 0 unspecified atom stereocenters. The number of halogens is 3. The normalized spacial score (nSPS) is 26.3. The van der Waals surface area contributed by atoms with E-state index in [-0.39, 0.29) is 18.2 Å². The van der Waals surface area contributed by atoms with Crippen LogP contribution < -0.4 is 10.1 Å². The maximum Gasteiger partial charge on any atom is 0.573 e. The summed E-state index contributed by atoms with van der Waals surface area (Å²) in [6, 6.07) is 5.88. The summed E-state index contributed by atoms with van der Waals surface area (Å²) >= 11 is 0. The molecule has 3 rings (SSSR count). The van der Waals surface area contributed by atoms with Crippen molar-refractivity contribution >= 4 is 5.91 Å². The Labute approximate surface area is 133 Å². The average Bonchev–Trinajstić information content (AvgIpc) is 3.07. The molecular formula is C17H20F3NO2. The standard InChI is InChI=1S/C17H20F3NO2/c18-17(19,20)23-15-4-2-1-3-13(15)10-21-16(22)9-14-8-11-5-6-12(14)7-11/h1-4,11-12,14H,5-10H2,(H,21,22)/t11-,12+,14-/m0/s1. The highest BCUT2D eigenvalue weighted by atomic mass is 19.4. The zero-order valence-corrected chi connectivity index (χ0v) is 12.7. The lowest BCUT2D eigenvalue weighted by atomic mass is 9.86. The summed E-state index contributed by atoms with van der Waals surface area (Å²) in [5.41, 5.74) is 0.325. The molecule has 6 heteroatoms. The number of para-hydroxylation sites is 1. The summed E-state index contributed by atoms with van der Waals surface area (Å²) in [7, 11) is 0. The third kappa shape index (κ3) is 4.18. The van der Waals surface area contributed by atoms with Gasteiger partial charge in [0.1, 0.15) is 5.75 Å². The molecule has 1 aromatic carbocycles. The number of rotatable bonds is 5. The molecule has 2 aliphatic rings. The van der Waals surface area contributed by atoms with Crippen LogP contribution in [-0.2, 0) is 11.3 Å². The Morgan fingerprint density at radius 1 is 1.22 bits per heavy atom. The third-order valence-electron chi connectivity index (χ3n) is 5.01. The zero-order chi connectivity index (χ0) is 16.4. The third-order valence-corrected chi connectivity index (χ3v) is 5.01. The lowest BCUT2D eigenvalue weighted by Crippen LogP contribution is -2.27. The van der Waals surface area contributed by atoms with Gasteiger partial charge in [-0.2, -0.15) is 0 Å². The van der Waals surface area contributed by atoms with Gasteiger partial charge in [0.25, 0.3) is 0 Å². The molecule has 126 valence electrons. The minimum atomic E-state index is -4.73. The molecule has 0 saturated heterocycles. The Kier molecular flexibility index (Phi) is 4.50. The fourth-order valence-electron chi connectivity index (χ4n) is 4.00. The van der Waals surface area contributed by atoms with Gasteiger partial charge in [-0.05, 0) is 43.1 Å². The van der Waals surface area contributed by atoms with Gasteiger partial charge in [-0.1, -0.05) is 24.6 Å². The number of fused-ring (bicyclic) bond motifs is 2. The number of ether oxygens (including phenoxy) is 1. The van der Waals surface area contributed by atoms with Crippen LogP contribution in [0.5, 0.6) is 5.75 Å². The van der Waals surface area contributed by atoms with Gasteiger partial charge < -0.3 is 10.1 Å². The van der Waals surface area contributed by atoms with Crippen LogP contribution >= 0.6 is 0 Å². The molecule has 3 atom stereocenters. The molecule has 0 spiro atoms. The fourth-order valence-corrected chi connectivity index (χ4v) is 4.00. The minimum Gasteiger partial charge on any atom is -0.405 e. The van der Waals surface area contributed by atoms with E-state index in [0.29, 0.717) is 23.8 Å². The van der Waals surface area contributed by atoms with Gasteiger partial charge in [0, 0.05) is 18.5 Å². The largest absolute Gasteiger partial charge is 0.573 e. The van der Waals surface area contributed by atoms with Crippen molar-refractivity contribution in [1.29, 1.82) is 0 Å². The van der Waals surface area contributed by atoms with Gasteiger partial charge >= 0.3 is 6.36 Å². The maximum atomic E-state index is 12.4. The number of alkyl halides is 3. The second kappa shape index (κ2) is 6.42. The Morgan fingerprint density at radius 2 is 2.00 bits per heavy atom. The van der Waals surface area contributed by atoms with E-state index in [4.69, 9.17) is 0 Å². The summed E-state index contributed by atoms with van der Waals surface area (Å²) in [5.74, 6) is 1.52. The number of carbonyl (C=O) groups excluding carboxylic acids is 1. The van der Waals surface area contributed by atoms with Crippen LogP contribution in [0.4, 0.5) is 13.2 Å². The smallest absolute Gasteiger partial charge is 0.405 e. The van der Waals surface area contributed by atoms with Crippen LogP contribution in [-0.4, -0.2) is 12.3 Å². The molecule has 3 nitrogen and oxygen atoms in total. The van der Waals surface area contributed by atoms with E-state index in [2.05, 4.69) is 10.1 Å². The van der Waals surface area contributed by atoms with Gasteiger partial charge in [0.05, 0.1) is 0 Å². The Hall–Kier alpha value is -1.72. The topological polar surface area (TPSA) is 38.3 Å². The van der Waals surface area contributed by atoms with Crippen molar-refractivity contribution in [2.45, 2.75) is 45.0 Å². The molecule has 1 aromatic rings. The Bertz CT molecular complexity index is 573. The second-order valence-electron chi connectivity index (χ2n) is 6.57. The molecule has 23 heavy (non-hydrogen) atoms. The van der Waals surface area contributed by atoms with Gasteiger partial charge in [-0.15, -0.1) is 13.2 Å². The Morgan fingerprint density at radius 3 is 2.65 bits per heavy atom. The minimum absolute atomic E-state index is 0.0475. The van der Waals surface area contributed by atoms with Gasteiger partial charge in [-0.3, -0.25) is 4.79 Å². The molecule has 0 aliphatic heterocycles. The molecular weight excluding hydrogens is 307 g/mol. The fraction of sp³-hybridized carbons (Fsp3) is 0.588. The number of hydrogen-bond acceptors (Lipinski definition) is 2. The molecule has 0 radical (unpaired) electrons. The summed E-state index contributed by atoms with van der Waals surface area (Å²) in [5, 5.41) is 2.73. The van der Waals surface area contributed by atoms with Crippen LogP contribution in [0.25, 0.3) is 0 Å². The number of carbonyl (C=O) groups is 1. The Balaban J connectivity index is 1.53. The highest BCUT2D eigenvalue weighted by molar-refractivity contribution is 5.76. The van der Waals surface area contributed by atoms with Gasteiger partial charge in [-0.25, -0.2) is 0 Å². The van der Waals surface area contributed by atoms with Crippen LogP contribution in [0.3, 0.4) is 0 Å². The summed E-state index contributed by atoms with van der Waals surface area (Å²) < 4.78 is 41.1. The highest BCUT2D eigenvalue weighted by Crippen LogP contribution is 2.49. The molecule has 2 bridgehead atoms. The number of amides is 1. The van der Waals surface area contributed by atoms with E-state index < -0.39 is 6.36 Å². The molecule has 1 amide bonds. The van der Waals surface area contributed by atoms with Crippen molar-refractivity contribution in [3.05, 3.63) is 29.8 Å². The van der Waals surface area contributed by atoms with Crippen molar-refractivity contribution in [3.8, 4) is 5.75 Å². The zero-order valence-electron chi connectivity index (χ0n) is 12.7. The quantitative estimate of drug-likeness (QED) is 0.887. The first-order chi connectivity index (χ1) is 10.9. The van der Waals surface area contributed by atoms with Crippen molar-refractivity contribution in [2.24, 2.45) is 17.8 Å². The van der Waals surface area contributed by atoms with Crippen molar-refractivity contribution in [3.63, 3.8) is 0 Å². The first kappa shape index (κ1) is 16.1. The SMILES string of the molecule is O=C(C[C@@H]1C[C@H]2CC[C@@H]1C2)NCc1ccccc1OC(F)(F)F. The first-order valence-corrected chi connectivity index (χ1v) is 8.01. The van der Waals surface area contributed by atoms with Gasteiger partial charge in [0.2, 0.25) is 5.91 Å². The predicted octanol–water partition coefficient (Wildman–Crippen LogP) is 4.03. The highest BCUT2D eigenvalue weighted by Gasteiger charge is 2.40. The van der Waals surface area contributed by atoms with E-state index in [1.165, 1.54) is 37.5 Å². The van der Waals surface area contributed by atoms with E-state index in [0.717, 1.165) is 12.3 Å². The first-order valence-electron chi connectivity index (χ1n) is 8.01. The van der Waals surface area contributed by atoms with Crippen molar-refractivity contribution < 1.29 is 22.7 Å². The number of nitrogens with one attached hydrogen (secondary N) is 1. The number of hydrogen-bond donors (Lipinski definition) is 1. The molecule has 2 fully saturated rings. The lowest BCUT2D eigenvalue weighted by molar-refractivity contribution is -0.274. The summed E-state index contributed by atoms with van der Waals surface area (Å²) in [6.07, 6.45) is 0.592.